The van der Waals surface area contributed by atoms with E-state index in [-0.39, 0.29) is 11.1 Å². The van der Waals surface area contributed by atoms with Gasteiger partial charge in [-0.25, -0.2) is 9.78 Å². The molecule has 2 heterocycles. The van der Waals surface area contributed by atoms with E-state index in [0.717, 1.165) is 19.3 Å². The summed E-state index contributed by atoms with van der Waals surface area (Å²) in [6.45, 7) is 1.51. The summed E-state index contributed by atoms with van der Waals surface area (Å²) in [6.07, 6.45) is 7.65. The van der Waals surface area contributed by atoms with Crippen LogP contribution >= 0.6 is 11.6 Å². The fourth-order valence-electron chi connectivity index (χ4n) is 3.69. The number of amides is 1. The lowest BCUT2D eigenvalue weighted by atomic mass is 9.81. The Bertz CT molecular complexity index is 985. The van der Waals surface area contributed by atoms with Crippen molar-refractivity contribution in [2.75, 3.05) is 7.05 Å². The summed E-state index contributed by atoms with van der Waals surface area (Å²) in [5.74, 6) is -1.06. The summed E-state index contributed by atoms with van der Waals surface area (Å²) in [5, 5.41) is 9.90. The minimum Gasteiger partial charge on any atom is -0.449 e. The van der Waals surface area contributed by atoms with E-state index in [1.165, 1.54) is 24.0 Å². The Morgan fingerprint density at radius 3 is 2.79 bits per heavy atom. The average Bonchev–Trinajstić information content (AvgIpc) is 3.06. The van der Waals surface area contributed by atoms with Crippen LogP contribution < -0.4 is 0 Å². The van der Waals surface area contributed by atoms with Crippen LogP contribution in [0.15, 0.2) is 30.5 Å². The minimum absolute atomic E-state index is 0.261. The normalized spacial score (nSPS) is 17.0. The number of carbonyl (C=O) groups is 2. The molecule has 0 bridgehead atoms. The highest BCUT2D eigenvalue weighted by atomic mass is 35.5. The highest BCUT2D eigenvalue weighted by Crippen LogP contribution is 2.33. The summed E-state index contributed by atoms with van der Waals surface area (Å²) >= 11 is 6.14. The zero-order valence-corrected chi connectivity index (χ0v) is 17.2. The Kier molecular flexibility index (Phi) is 6.23. The second-order valence-electron chi connectivity index (χ2n) is 7.23. The molecule has 1 atom stereocenters. The van der Waals surface area contributed by atoms with Gasteiger partial charge >= 0.3 is 5.97 Å². The van der Waals surface area contributed by atoms with Crippen molar-refractivity contribution < 1.29 is 14.3 Å². The van der Waals surface area contributed by atoms with Gasteiger partial charge in [0.25, 0.3) is 5.91 Å². The van der Waals surface area contributed by atoms with Crippen LogP contribution in [0.3, 0.4) is 0 Å². The van der Waals surface area contributed by atoms with Crippen LogP contribution in [0.25, 0.3) is 11.7 Å². The highest BCUT2D eigenvalue weighted by Gasteiger charge is 2.40. The van der Waals surface area contributed by atoms with Crippen molar-refractivity contribution in [2.45, 2.75) is 50.7 Å². The lowest BCUT2D eigenvalue weighted by Gasteiger charge is -2.39. The molecule has 0 spiro atoms. The Labute approximate surface area is 174 Å². The zero-order valence-electron chi connectivity index (χ0n) is 16.5. The van der Waals surface area contributed by atoms with Crippen molar-refractivity contribution in [1.82, 2.24) is 14.3 Å². The molecule has 1 fully saturated rings. The van der Waals surface area contributed by atoms with Gasteiger partial charge in [0.2, 0.25) is 0 Å². The average molecular weight is 415 g/mol. The van der Waals surface area contributed by atoms with E-state index in [4.69, 9.17) is 16.3 Å². The van der Waals surface area contributed by atoms with E-state index in [1.807, 2.05) is 12.1 Å². The lowest BCUT2D eigenvalue weighted by Crippen LogP contribution is -2.53. The van der Waals surface area contributed by atoms with Crippen LogP contribution in [-0.2, 0) is 14.3 Å². The molecular formula is C21H23ClN4O3. The molecule has 1 saturated carbocycles. The molecule has 3 rings (SSSR count). The molecule has 0 N–H and O–H groups in total. The fourth-order valence-corrected chi connectivity index (χ4v) is 3.93. The first kappa shape index (κ1) is 20.9. The van der Waals surface area contributed by atoms with Crippen molar-refractivity contribution in [2.24, 2.45) is 0 Å². The van der Waals surface area contributed by atoms with Crippen molar-refractivity contribution in [3.63, 3.8) is 0 Å². The molecule has 1 aliphatic rings. The van der Waals surface area contributed by atoms with Crippen LogP contribution in [0.1, 0.15) is 44.7 Å². The van der Waals surface area contributed by atoms with Gasteiger partial charge in [-0.3, -0.25) is 9.20 Å². The number of nitrogens with zero attached hydrogens (tertiary/aromatic N) is 4. The SMILES string of the molecule is C[C@H](OC(=O)/C=C/c1c(Cl)nc2ccccn12)C(=O)N(C)C1(C#N)CCCCC1. The lowest BCUT2D eigenvalue weighted by molar-refractivity contribution is -0.157. The molecular weight excluding hydrogens is 392 g/mol. The van der Waals surface area contributed by atoms with Gasteiger partial charge in [0, 0.05) is 19.3 Å². The second kappa shape index (κ2) is 8.66. The van der Waals surface area contributed by atoms with Crippen LogP contribution in [0.4, 0.5) is 0 Å². The molecule has 7 nitrogen and oxygen atoms in total. The molecule has 0 aliphatic heterocycles. The number of esters is 1. The number of carbonyl (C=O) groups excluding carboxylic acids is 2. The van der Waals surface area contributed by atoms with E-state index in [2.05, 4.69) is 11.1 Å². The largest absolute Gasteiger partial charge is 0.449 e. The van der Waals surface area contributed by atoms with E-state index in [0.29, 0.717) is 24.2 Å². The van der Waals surface area contributed by atoms with Crippen molar-refractivity contribution in [1.29, 1.82) is 5.26 Å². The topological polar surface area (TPSA) is 87.7 Å². The predicted octanol–water partition coefficient (Wildman–Crippen LogP) is 3.62. The van der Waals surface area contributed by atoms with E-state index in [1.54, 1.807) is 23.7 Å². The first-order valence-corrected chi connectivity index (χ1v) is 9.96. The standard InChI is InChI=1S/C21H23ClN4O3/c1-15(20(28)25(2)21(14-23)11-5-3-6-12-21)29-18(27)10-9-16-19(22)24-17-8-4-7-13-26(16)17/h4,7-10,13,15H,3,5-6,11-12H2,1-2H3/b10-9+/t15-/m0/s1. The molecule has 8 heteroatoms. The van der Waals surface area contributed by atoms with E-state index < -0.39 is 17.6 Å². The third-order valence-electron chi connectivity index (χ3n) is 5.40. The summed E-state index contributed by atoms with van der Waals surface area (Å²) in [7, 11) is 1.61. The fraction of sp³-hybridized carbons (Fsp3) is 0.429. The van der Waals surface area contributed by atoms with Crippen molar-refractivity contribution >= 4 is 35.2 Å². The molecule has 0 unspecified atom stereocenters. The second-order valence-corrected chi connectivity index (χ2v) is 7.59. The monoisotopic (exact) mass is 414 g/mol. The number of aromatic nitrogens is 2. The van der Waals surface area contributed by atoms with Gasteiger partial charge in [-0.15, -0.1) is 0 Å². The molecule has 2 aromatic heterocycles. The zero-order chi connectivity index (χ0) is 21.0. The summed E-state index contributed by atoms with van der Waals surface area (Å²) < 4.78 is 7.01. The van der Waals surface area contributed by atoms with Crippen LogP contribution in [0, 0.1) is 11.3 Å². The molecule has 2 aromatic rings. The molecule has 0 saturated heterocycles. The van der Waals surface area contributed by atoms with Gasteiger partial charge in [-0.1, -0.05) is 36.9 Å². The van der Waals surface area contributed by atoms with Gasteiger partial charge in [0.15, 0.2) is 11.3 Å². The molecule has 29 heavy (non-hydrogen) atoms. The van der Waals surface area contributed by atoms with Crippen LogP contribution in [0.5, 0.6) is 0 Å². The van der Waals surface area contributed by atoms with Gasteiger partial charge in [-0.2, -0.15) is 5.26 Å². The number of rotatable bonds is 5. The minimum atomic E-state index is -0.998. The summed E-state index contributed by atoms with van der Waals surface area (Å²) in [4.78, 5) is 30.6. The molecule has 0 radical (unpaired) electrons. The summed E-state index contributed by atoms with van der Waals surface area (Å²) in [6, 6.07) is 7.76. The predicted molar refractivity (Wildman–Crippen MR) is 109 cm³/mol. The number of hydrogen-bond acceptors (Lipinski definition) is 5. The number of fused-ring (bicyclic) bond motifs is 1. The number of hydrogen-bond donors (Lipinski definition) is 0. The first-order chi connectivity index (χ1) is 13.9. The summed E-state index contributed by atoms with van der Waals surface area (Å²) in [5.41, 5.74) is 0.376. The first-order valence-electron chi connectivity index (χ1n) is 9.58. The highest BCUT2D eigenvalue weighted by molar-refractivity contribution is 6.31. The third-order valence-corrected chi connectivity index (χ3v) is 5.68. The quantitative estimate of drug-likeness (QED) is 0.550. The van der Waals surface area contributed by atoms with Gasteiger partial charge in [-0.05, 0) is 38.0 Å². The third kappa shape index (κ3) is 4.28. The Morgan fingerprint density at radius 2 is 2.10 bits per heavy atom. The van der Waals surface area contributed by atoms with Gasteiger partial charge in [0.05, 0.1) is 11.8 Å². The smallest absolute Gasteiger partial charge is 0.331 e. The maximum absolute atomic E-state index is 12.7. The molecule has 1 amide bonds. The van der Waals surface area contributed by atoms with Crippen molar-refractivity contribution in [3.05, 3.63) is 41.3 Å². The number of imidazole rings is 1. The number of nitriles is 1. The Balaban J connectivity index is 1.67. The molecule has 0 aromatic carbocycles. The number of pyridine rings is 1. The van der Waals surface area contributed by atoms with Gasteiger partial charge in [0.1, 0.15) is 11.2 Å². The number of likely N-dealkylation sites (N-methyl/N-ethyl adjacent to an activating group) is 1. The van der Waals surface area contributed by atoms with Crippen molar-refractivity contribution in [3.8, 4) is 6.07 Å². The Morgan fingerprint density at radius 1 is 1.38 bits per heavy atom. The van der Waals surface area contributed by atoms with Gasteiger partial charge < -0.3 is 9.64 Å². The maximum atomic E-state index is 12.7. The van der Waals surface area contributed by atoms with Crippen LogP contribution in [-0.4, -0.2) is 44.9 Å². The Hall–Kier alpha value is -2.85. The molecule has 1 aliphatic carbocycles. The van der Waals surface area contributed by atoms with E-state index in [9.17, 15) is 14.9 Å². The maximum Gasteiger partial charge on any atom is 0.331 e. The van der Waals surface area contributed by atoms with Crippen LogP contribution in [0.2, 0.25) is 5.15 Å². The number of halogens is 1. The molecule has 152 valence electrons. The van der Waals surface area contributed by atoms with E-state index >= 15 is 0 Å². The number of ether oxygens (including phenoxy) is 1.